The molecule has 6 heteroatoms. The molecule has 0 saturated carbocycles. The van der Waals surface area contributed by atoms with Gasteiger partial charge in [-0.05, 0) is 68.7 Å². The fraction of sp³-hybridized carbons (Fsp3) is 0.375. The summed E-state index contributed by atoms with van der Waals surface area (Å²) in [6.45, 7) is 4.96. The van der Waals surface area contributed by atoms with Gasteiger partial charge in [-0.2, -0.15) is 4.57 Å². The SMILES string of the molecule is CCOc1ccc(-n2cc(-c3ccc4c(c3)OCCO4)[n+]3c2CCCCC3)cc1.[Br-]. The molecule has 0 saturated heterocycles. The number of benzene rings is 2. The number of imidazole rings is 1. The van der Waals surface area contributed by atoms with Gasteiger partial charge >= 0.3 is 0 Å². The van der Waals surface area contributed by atoms with Gasteiger partial charge in [0.05, 0.1) is 13.2 Å². The van der Waals surface area contributed by atoms with Gasteiger partial charge in [-0.25, -0.2) is 4.57 Å². The van der Waals surface area contributed by atoms with Gasteiger partial charge in [0.2, 0.25) is 0 Å². The van der Waals surface area contributed by atoms with Gasteiger partial charge in [0.1, 0.15) is 30.8 Å². The molecule has 0 amide bonds. The van der Waals surface area contributed by atoms with Crippen LogP contribution in [0.3, 0.4) is 0 Å². The molecule has 0 spiro atoms. The number of aromatic nitrogens is 2. The Kier molecular flexibility index (Phi) is 6.32. The van der Waals surface area contributed by atoms with Gasteiger partial charge in [0.15, 0.2) is 17.2 Å². The molecule has 0 radical (unpaired) electrons. The molecule has 2 aliphatic rings. The van der Waals surface area contributed by atoms with Crippen molar-refractivity contribution in [2.75, 3.05) is 19.8 Å². The van der Waals surface area contributed by atoms with Gasteiger partial charge < -0.3 is 31.2 Å². The van der Waals surface area contributed by atoms with E-state index < -0.39 is 0 Å². The van der Waals surface area contributed by atoms with E-state index >= 15 is 0 Å². The Morgan fingerprint density at radius 2 is 1.77 bits per heavy atom. The molecule has 2 aromatic carbocycles. The minimum absolute atomic E-state index is 0. The van der Waals surface area contributed by atoms with E-state index in [0.717, 1.165) is 30.2 Å². The summed E-state index contributed by atoms with van der Waals surface area (Å²) in [6, 6.07) is 14.7. The predicted octanol–water partition coefficient (Wildman–Crippen LogP) is 1.33. The van der Waals surface area contributed by atoms with Crippen molar-refractivity contribution in [2.45, 2.75) is 39.2 Å². The molecule has 1 aromatic heterocycles. The minimum Gasteiger partial charge on any atom is -1.00 e. The van der Waals surface area contributed by atoms with Gasteiger partial charge in [-0.15, -0.1) is 0 Å². The summed E-state index contributed by atoms with van der Waals surface area (Å²) in [5.41, 5.74) is 3.57. The highest BCUT2D eigenvalue weighted by atomic mass is 79.9. The maximum atomic E-state index is 5.83. The minimum atomic E-state index is 0. The average Bonchev–Trinajstić information content (AvgIpc) is 2.95. The highest BCUT2D eigenvalue weighted by molar-refractivity contribution is 5.62. The molecule has 30 heavy (non-hydrogen) atoms. The van der Waals surface area contributed by atoms with Crippen molar-refractivity contribution < 1.29 is 35.8 Å². The van der Waals surface area contributed by atoms with Gasteiger partial charge in [0, 0.05) is 12.0 Å². The molecule has 2 aliphatic heterocycles. The van der Waals surface area contributed by atoms with E-state index in [1.165, 1.54) is 42.0 Å². The normalized spacial score (nSPS) is 15.0. The molecule has 0 aliphatic carbocycles. The third-order valence-corrected chi connectivity index (χ3v) is 5.68. The molecule has 0 N–H and O–H groups in total. The van der Waals surface area contributed by atoms with E-state index in [1.807, 2.05) is 13.0 Å². The lowest BCUT2D eigenvalue weighted by Crippen LogP contribution is -3.00. The highest BCUT2D eigenvalue weighted by Crippen LogP contribution is 2.34. The zero-order chi connectivity index (χ0) is 19.6. The van der Waals surface area contributed by atoms with E-state index in [4.69, 9.17) is 14.2 Å². The number of fused-ring (bicyclic) bond motifs is 2. The number of hydrogen-bond acceptors (Lipinski definition) is 3. The molecule has 0 atom stereocenters. The second-order valence-electron chi connectivity index (χ2n) is 7.55. The van der Waals surface area contributed by atoms with Crippen molar-refractivity contribution in [3.8, 4) is 34.2 Å². The van der Waals surface area contributed by atoms with Crippen LogP contribution in [0.2, 0.25) is 0 Å². The van der Waals surface area contributed by atoms with Crippen LogP contribution < -0.4 is 35.8 Å². The molecule has 158 valence electrons. The zero-order valence-electron chi connectivity index (χ0n) is 17.3. The Labute approximate surface area is 188 Å². The van der Waals surface area contributed by atoms with Crippen LogP contribution in [0, 0.1) is 0 Å². The van der Waals surface area contributed by atoms with Gasteiger partial charge in [0.25, 0.3) is 5.82 Å². The van der Waals surface area contributed by atoms with Crippen molar-refractivity contribution in [1.82, 2.24) is 4.57 Å². The second-order valence-corrected chi connectivity index (χ2v) is 7.55. The quantitative estimate of drug-likeness (QED) is 0.539. The van der Waals surface area contributed by atoms with Crippen molar-refractivity contribution in [3.63, 3.8) is 0 Å². The molecular formula is C24H27BrN2O3. The fourth-order valence-electron chi connectivity index (χ4n) is 4.30. The Morgan fingerprint density at radius 1 is 0.967 bits per heavy atom. The lowest BCUT2D eigenvalue weighted by atomic mass is 10.1. The smallest absolute Gasteiger partial charge is 0.262 e. The van der Waals surface area contributed by atoms with E-state index in [1.54, 1.807) is 0 Å². The van der Waals surface area contributed by atoms with E-state index in [0.29, 0.717) is 19.8 Å². The lowest BCUT2D eigenvalue weighted by molar-refractivity contribution is -0.692. The summed E-state index contributed by atoms with van der Waals surface area (Å²) in [7, 11) is 0. The van der Waals surface area contributed by atoms with Crippen molar-refractivity contribution in [3.05, 3.63) is 54.5 Å². The first-order chi connectivity index (χ1) is 14.3. The third-order valence-electron chi connectivity index (χ3n) is 5.68. The molecule has 0 unspecified atom stereocenters. The van der Waals surface area contributed by atoms with Crippen molar-refractivity contribution in [2.24, 2.45) is 0 Å². The summed E-state index contributed by atoms with van der Waals surface area (Å²) in [5.74, 6) is 3.94. The molecule has 5 nitrogen and oxygen atoms in total. The lowest BCUT2D eigenvalue weighted by Gasteiger charge is -2.18. The average molecular weight is 471 g/mol. The van der Waals surface area contributed by atoms with Crippen LogP contribution in [-0.4, -0.2) is 24.4 Å². The van der Waals surface area contributed by atoms with Crippen LogP contribution >= 0.6 is 0 Å². The Balaban J connectivity index is 0.00000218. The van der Waals surface area contributed by atoms with Gasteiger partial charge in [-0.3, -0.25) is 0 Å². The summed E-state index contributed by atoms with van der Waals surface area (Å²) >= 11 is 0. The molecule has 5 rings (SSSR count). The van der Waals surface area contributed by atoms with Crippen LogP contribution in [0.4, 0.5) is 0 Å². The van der Waals surface area contributed by atoms with Crippen LogP contribution in [0.1, 0.15) is 32.0 Å². The standard InChI is InChI=1S/C24H27N2O3.BrH/c1-2-27-20-10-8-19(9-11-20)26-17-21(25-13-5-3-4-6-24(25)26)18-7-12-22-23(16-18)29-15-14-28-22;/h7-12,16-17H,2-6,13-15H2,1H3;1H/q+1;/p-1. The first kappa shape index (κ1) is 20.8. The Hall–Kier alpha value is -2.47. The van der Waals surface area contributed by atoms with E-state index in [9.17, 15) is 0 Å². The predicted molar refractivity (Wildman–Crippen MR) is 111 cm³/mol. The molecule has 0 bridgehead atoms. The maximum absolute atomic E-state index is 5.83. The highest BCUT2D eigenvalue weighted by Gasteiger charge is 2.27. The number of halogens is 1. The summed E-state index contributed by atoms with van der Waals surface area (Å²) in [6.07, 6.45) is 7.05. The number of ether oxygens (including phenoxy) is 3. The summed E-state index contributed by atoms with van der Waals surface area (Å²) < 4.78 is 22.0. The van der Waals surface area contributed by atoms with E-state index in [2.05, 4.69) is 51.7 Å². The monoisotopic (exact) mass is 470 g/mol. The molecule has 0 fully saturated rings. The number of hydrogen-bond donors (Lipinski definition) is 0. The molecular weight excluding hydrogens is 444 g/mol. The molecule has 3 aromatic rings. The summed E-state index contributed by atoms with van der Waals surface area (Å²) in [5, 5.41) is 0. The second kappa shape index (κ2) is 9.13. The largest absolute Gasteiger partial charge is 1.00 e. The van der Waals surface area contributed by atoms with Crippen molar-refractivity contribution >= 4 is 0 Å². The fourth-order valence-corrected chi connectivity index (χ4v) is 4.30. The third kappa shape index (κ3) is 3.93. The number of rotatable bonds is 4. The van der Waals surface area contributed by atoms with E-state index in [-0.39, 0.29) is 17.0 Å². The topological polar surface area (TPSA) is 36.5 Å². The van der Waals surface area contributed by atoms with Gasteiger partial charge in [-0.1, -0.05) is 0 Å². The Morgan fingerprint density at radius 3 is 2.57 bits per heavy atom. The van der Waals surface area contributed by atoms with Crippen molar-refractivity contribution in [1.29, 1.82) is 0 Å². The maximum Gasteiger partial charge on any atom is 0.262 e. The summed E-state index contributed by atoms with van der Waals surface area (Å²) in [4.78, 5) is 0. The first-order valence-electron chi connectivity index (χ1n) is 10.6. The zero-order valence-corrected chi connectivity index (χ0v) is 18.9. The Bertz CT molecular complexity index is 1010. The first-order valence-corrected chi connectivity index (χ1v) is 10.6. The van der Waals surface area contributed by atoms with Crippen LogP contribution in [0.15, 0.2) is 48.7 Å². The van der Waals surface area contributed by atoms with Crippen LogP contribution in [-0.2, 0) is 13.0 Å². The molecule has 3 heterocycles. The van der Waals surface area contributed by atoms with Crippen LogP contribution in [0.25, 0.3) is 16.9 Å². The van der Waals surface area contributed by atoms with Crippen LogP contribution in [0.5, 0.6) is 17.2 Å². The number of nitrogens with zero attached hydrogens (tertiary/aromatic N) is 2.